The number of fused-ring (bicyclic) bond motifs is 1. The van der Waals surface area contributed by atoms with Crippen molar-refractivity contribution in [1.82, 2.24) is 0 Å². The Hall–Kier alpha value is -3.41. The number of phenols is 4. The summed E-state index contributed by atoms with van der Waals surface area (Å²) in [7, 11) is 0. The van der Waals surface area contributed by atoms with Gasteiger partial charge in [0.25, 0.3) is 0 Å². The fourth-order valence-electron chi connectivity index (χ4n) is 3.67. The van der Waals surface area contributed by atoms with Crippen molar-refractivity contribution in [2.45, 2.75) is 52.6 Å². The van der Waals surface area contributed by atoms with E-state index in [1.807, 2.05) is 13.0 Å². The molecule has 4 N–H and O–H groups in total. The van der Waals surface area contributed by atoms with Gasteiger partial charge in [0.1, 0.15) is 40.4 Å². The number of ketones is 1. The molecule has 1 heterocycles. The molecule has 1 atom stereocenters. The van der Waals surface area contributed by atoms with E-state index in [1.165, 1.54) is 23.8 Å². The Morgan fingerprint density at radius 1 is 1.06 bits per heavy atom. The third-order valence-corrected chi connectivity index (χ3v) is 5.37. The topological polar surface area (TPSA) is 107 Å². The number of hydrogen-bond donors (Lipinski definition) is 4. The van der Waals surface area contributed by atoms with Crippen LogP contribution in [0.1, 0.15) is 67.6 Å². The van der Waals surface area contributed by atoms with Crippen molar-refractivity contribution < 1.29 is 30.0 Å². The van der Waals surface area contributed by atoms with E-state index in [0.29, 0.717) is 17.5 Å². The highest BCUT2D eigenvalue weighted by Gasteiger charge is 2.32. The van der Waals surface area contributed by atoms with Gasteiger partial charge < -0.3 is 25.2 Å². The summed E-state index contributed by atoms with van der Waals surface area (Å²) in [6, 6.07) is 5.34. The standard InChI is InChI=1S/C25H28O6/c1-14(2)5-4-6-15(3)7-8-17-19(27)10-9-18(25(17)30)22-13-21(29)24-20(28)11-16(26)12-23(24)31-22/h5,7,9-12,22,26-28,30H,4,6,8,13H2,1-3H3/t22-/m1/s1. The van der Waals surface area contributed by atoms with Gasteiger partial charge in [-0.15, -0.1) is 0 Å². The van der Waals surface area contributed by atoms with Gasteiger partial charge in [-0.05, 0) is 52.2 Å². The van der Waals surface area contributed by atoms with Gasteiger partial charge >= 0.3 is 0 Å². The first-order valence-electron chi connectivity index (χ1n) is 10.3. The minimum Gasteiger partial charge on any atom is -0.508 e. The van der Waals surface area contributed by atoms with E-state index in [0.717, 1.165) is 24.5 Å². The zero-order valence-electron chi connectivity index (χ0n) is 18.0. The zero-order valence-corrected chi connectivity index (χ0v) is 18.0. The van der Waals surface area contributed by atoms with E-state index in [9.17, 15) is 25.2 Å². The summed E-state index contributed by atoms with van der Waals surface area (Å²) >= 11 is 0. The molecule has 0 saturated carbocycles. The molecule has 0 aromatic heterocycles. The molecule has 1 aliphatic rings. The molecule has 3 rings (SSSR count). The molecule has 0 radical (unpaired) electrons. The van der Waals surface area contributed by atoms with Crippen molar-refractivity contribution >= 4 is 5.78 Å². The van der Waals surface area contributed by atoms with Crippen molar-refractivity contribution in [1.29, 1.82) is 0 Å². The second-order valence-corrected chi connectivity index (χ2v) is 8.15. The lowest BCUT2D eigenvalue weighted by atomic mass is 9.93. The number of allylic oxidation sites excluding steroid dienone is 4. The summed E-state index contributed by atoms with van der Waals surface area (Å²) in [5.41, 5.74) is 3.15. The van der Waals surface area contributed by atoms with Crippen LogP contribution in [0.2, 0.25) is 0 Å². The number of hydrogen-bond acceptors (Lipinski definition) is 6. The molecule has 0 bridgehead atoms. The maximum Gasteiger partial charge on any atom is 0.174 e. The number of ether oxygens (including phenoxy) is 1. The van der Waals surface area contributed by atoms with Crippen molar-refractivity contribution in [3.05, 3.63) is 64.3 Å². The molecule has 0 unspecified atom stereocenters. The SMILES string of the molecule is CC(C)=CCCC(C)=CCc1c(O)ccc([C@H]2CC(=O)c3c(O)cc(O)cc3O2)c1O. The summed E-state index contributed by atoms with van der Waals surface area (Å²) < 4.78 is 5.82. The summed E-state index contributed by atoms with van der Waals surface area (Å²) in [6.07, 6.45) is 5.40. The normalized spacial score (nSPS) is 15.9. The number of aromatic hydroxyl groups is 4. The molecular formula is C25H28O6. The van der Waals surface area contributed by atoms with E-state index < -0.39 is 6.10 Å². The van der Waals surface area contributed by atoms with Crippen LogP contribution >= 0.6 is 0 Å². The second-order valence-electron chi connectivity index (χ2n) is 8.15. The van der Waals surface area contributed by atoms with E-state index in [2.05, 4.69) is 19.9 Å². The van der Waals surface area contributed by atoms with Crippen molar-refractivity contribution in [3.63, 3.8) is 0 Å². The van der Waals surface area contributed by atoms with E-state index in [1.54, 1.807) is 0 Å². The lowest BCUT2D eigenvalue weighted by Crippen LogP contribution is -2.20. The molecule has 2 aromatic carbocycles. The minimum absolute atomic E-state index is 0.0162. The maximum atomic E-state index is 12.6. The van der Waals surface area contributed by atoms with E-state index in [-0.39, 0.29) is 46.5 Å². The maximum absolute atomic E-state index is 12.6. The molecule has 0 fully saturated rings. The Kier molecular flexibility index (Phi) is 6.59. The van der Waals surface area contributed by atoms with Crippen LogP contribution < -0.4 is 4.74 Å². The largest absolute Gasteiger partial charge is 0.508 e. The van der Waals surface area contributed by atoms with Crippen molar-refractivity contribution in [2.75, 3.05) is 0 Å². The fourth-order valence-corrected chi connectivity index (χ4v) is 3.67. The fraction of sp³-hybridized carbons (Fsp3) is 0.320. The average molecular weight is 424 g/mol. The Morgan fingerprint density at radius 3 is 2.52 bits per heavy atom. The first kappa shape index (κ1) is 22.3. The lowest BCUT2D eigenvalue weighted by molar-refractivity contribution is 0.0842. The molecular weight excluding hydrogens is 396 g/mol. The monoisotopic (exact) mass is 424 g/mol. The van der Waals surface area contributed by atoms with Gasteiger partial charge in [0.2, 0.25) is 0 Å². The van der Waals surface area contributed by atoms with Crippen LogP contribution in [-0.2, 0) is 6.42 Å². The van der Waals surface area contributed by atoms with Gasteiger partial charge in [-0.3, -0.25) is 4.79 Å². The smallest absolute Gasteiger partial charge is 0.174 e. The average Bonchev–Trinajstić information content (AvgIpc) is 2.66. The molecule has 164 valence electrons. The lowest BCUT2D eigenvalue weighted by Gasteiger charge is -2.27. The Bertz CT molecular complexity index is 1060. The van der Waals surface area contributed by atoms with Gasteiger partial charge in [-0.25, -0.2) is 0 Å². The summed E-state index contributed by atoms with van der Waals surface area (Å²) in [6.45, 7) is 6.12. The van der Waals surface area contributed by atoms with Crippen LogP contribution in [0, 0.1) is 0 Å². The quantitative estimate of drug-likeness (QED) is 0.459. The number of rotatable bonds is 6. The Labute approximate surface area is 181 Å². The van der Waals surface area contributed by atoms with Crippen LogP contribution in [0.5, 0.6) is 28.7 Å². The molecule has 31 heavy (non-hydrogen) atoms. The molecule has 2 aromatic rings. The van der Waals surface area contributed by atoms with Crippen molar-refractivity contribution in [3.8, 4) is 28.7 Å². The first-order chi connectivity index (χ1) is 14.7. The highest BCUT2D eigenvalue weighted by atomic mass is 16.5. The Morgan fingerprint density at radius 2 is 1.81 bits per heavy atom. The van der Waals surface area contributed by atoms with E-state index >= 15 is 0 Å². The van der Waals surface area contributed by atoms with Crippen LogP contribution in [0.15, 0.2) is 47.6 Å². The van der Waals surface area contributed by atoms with E-state index in [4.69, 9.17) is 4.74 Å². The van der Waals surface area contributed by atoms with Crippen molar-refractivity contribution in [2.24, 2.45) is 0 Å². The molecule has 0 spiro atoms. The highest BCUT2D eigenvalue weighted by molar-refractivity contribution is 6.02. The van der Waals surface area contributed by atoms with Gasteiger partial charge in [0.15, 0.2) is 5.78 Å². The third kappa shape index (κ3) is 5.02. The predicted molar refractivity (Wildman–Crippen MR) is 118 cm³/mol. The number of carbonyl (C=O) groups excluding carboxylic acids is 1. The molecule has 1 aliphatic heterocycles. The molecule has 6 nitrogen and oxygen atoms in total. The molecule has 6 heteroatoms. The number of Topliss-reactive ketones (excluding diaryl/α,β-unsaturated/α-hetero) is 1. The predicted octanol–water partition coefficient (Wildman–Crippen LogP) is 5.45. The van der Waals surface area contributed by atoms with Crippen LogP contribution in [-0.4, -0.2) is 26.2 Å². The first-order valence-corrected chi connectivity index (χ1v) is 10.3. The summed E-state index contributed by atoms with van der Waals surface area (Å²) in [5.74, 6) is -1.03. The number of carbonyl (C=O) groups is 1. The second kappa shape index (κ2) is 9.16. The minimum atomic E-state index is -0.803. The van der Waals surface area contributed by atoms with Gasteiger partial charge in [0.05, 0.1) is 6.42 Å². The summed E-state index contributed by atoms with van der Waals surface area (Å²) in [5, 5.41) is 40.8. The van der Waals surface area contributed by atoms with Crippen LogP contribution in [0.25, 0.3) is 0 Å². The molecule has 0 saturated heterocycles. The molecule has 0 amide bonds. The third-order valence-electron chi connectivity index (χ3n) is 5.37. The highest BCUT2D eigenvalue weighted by Crippen LogP contribution is 2.44. The van der Waals surface area contributed by atoms with Gasteiger partial charge in [-0.2, -0.15) is 0 Å². The Balaban J connectivity index is 1.85. The zero-order chi connectivity index (χ0) is 22.7. The van der Waals surface area contributed by atoms with Crippen LogP contribution in [0.4, 0.5) is 0 Å². The summed E-state index contributed by atoms with van der Waals surface area (Å²) in [4.78, 5) is 12.6. The number of benzene rings is 2. The van der Waals surface area contributed by atoms with Gasteiger partial charge in [-0.1, -0.05) is 23.3 Å². The number of phenolic OH excluding ortho intramolecular Hbond substituents is 4. The van der Waals surface area contributed by atoms with Gasteiger partial charge in [0, 0.05) is 23.3 Å². The molecule has 0 aliphatic carbocycles. The van der Waals surface area contributed by atoms with Crippen LogP contribution in [0.3, 0.4) is 0 Å².